The Balaban J connectivity index is 1.36. The van der Waals surface area contributed by atoms with Gasteiger partial charge >= 0.3 is 11.9 Å². The smallest absolute Gasteiger partial charge is 0.309 e. The van der Waals surface area contributed by atoms with Crippen LogP contribution in [-0.2, 0) is 31.9 Å². The molecule has 0 N–H and O–H groups in total. The second-order valence-corrected chi connectivity index (χ2v) is 22.5. The lowest BCUT2D eigenvalue weighted by molar-refractivity contribution is -0.150. The normalized spacial score (nSPS) is 13.2. The van der Waals surface area contributed by atoms with E-state index in [-0.39, 0.29) is 34.6 Å². The monoisotopic (exact) mass is 964 g/mol. The minimum atomic E-state index is -0.337. The molecule has 12 rings (SSSR count). The third kappa shape index (κ3) is 7.32. The molecule has 0 aliphatic heterocycles. The molecule has 0 saturated carbocycles. The van der Waals surface area contributed by atoms with Gasteiger partial charge in [-0.2, -0.15) is 0 Å². The maximum atomic E-state index is 13.6. The molecule has 4 heteroatoms. The number of carbonyl (C=O) groups is 2. The maximum absolute atomic E-state index is 13.6. The van der Waals surface area contributed by atoms with Crippen molar-refractivity contribution in [3.63, 3.8) is 0 Å². The van der Waals surface area contributed by atoms with Gasteiger partial charge in [-0.25, -0.2) is 0 Å². The zero-order valence-electron chi connectivity index (χ0n) is 43.5. The van der Waals surface area contributed by atoms with Gasteiger partial charge in [0.1, 0.15) is 0 Å². The first-order chi connectivity index (χ1) is 35.8. The predicted molar refractivity (Wildman–Crippen MR) is 310 cm³/mol. The molecule has 0 saturated heterocycles. The number of rotatable bonds is 10. The fraction of sp³-hybridized carbons (Fsp3) is 0.200. The largest absolute Gasteiger partial charge is 0.469 e. The van der Waals surface area contributed by atoms with Crippen LogP contribution in [0.15, 0.2) is 182 Å². The summed E-state index contributed by atoms with van der Waals surface area (Å²) in [4.78, 5) is 27.1. The van der Waals surface area contributed by atoms with Gasteiger partial charge < -0.3 is 9.47 Å². The quantitative estimate of drug-likeness (QED) is 0.128. The van der Waals surface area contributed by atoms with Crippen molar-refractivity contribution in [2.24, 2.45) is 22.7 Å². The lowest BCUT2D eigenvalue weighted by Crippen LogP contribution is -2.31. The summed E-state index contributed by atoms with van der Waals surface area (Å²) < 4.78 is 10.9. The molecule has 0 aliphatic rings. The van der Waals surface area contributed by atoms with Gasteiger partial charge in [-0.15, -0.1) is 0 Å². The second kappa shape index (κ2) is 17.8. The Morgan fingerprint density at radius 1 is 0.324 bits per heavy atom. The second-order valence-electron chi connectivity index (χ2n) is 22.5. The van der Waals surface area contributed by atoms with Crippen LogP contribution in [0.25, 0.3) is 120 Å². The Kier molecular flexibility index (Phi) is 11.3. The molecule has 0 amide bonds. The summed E-state index contributed by atoms with van der Waals surface area (Å²) in [7, 11) is 3.00. The summed E-state index contributed by atoms with van der Waals surface area (Å²) in [6.45, 7) is 12.8. The average Bonchev–Trinajstić information content (AvgIpc) is 3.97. The molecule has 0 aliphatic carbocycles. The van der Waals surface area contributed by atoms with Crippen molar-refractivity contribution in [2.45, 2.75) is 54.4 Å². The summed E-state index contributed by atoms with van der Waals surface area (Å²) in [5.41, 5.74) is 11.0. The average molecular weight is 965 g/mol. The van der Waals surface area contributed by atoms with E-state index in [0.717, 1.165) is 44.2 Å². The van der Waals surface area contributed by atoms with Crippen LogP contribution in [0.5, 0.6) is 0 Å². The molecule has 364 valence electrons. The van der Waals surface area contributed by atoms with Crippen LogP contribution in [0.1, 0.15) is 52.7 Å². The zero-order valence-corrected chi connectivity index (χ0v) is 43.5. The standard InChI is InChI=1S/C70H60O4/c1-69(2,3)53(67(71)73-7)39-45-35-37-51-59-47(45)31-21-33-49(59)61-55(41-23-13-9-14-24-41)65-58(44-29-19-12-20-30-44)64-52-38-36-46(40-54(68(72)74-8)70(4,5)6)48-32-22-34-50(60(48)52)62(64)56(42-25-15-10-16-26-42)66(65)57(63(51)61)43-27-17-11-18-28-43/h9-38,53-54H,39-40H2,1-8H3. The van der Waals surface area contributed by atoms with Crippen molar-refractivity contribution in [2.75, 3.05) is 14.2 Å². The van der Waals surface area contributed by atoms with Crippen molar-refractivity contribution in [3.05, 3.63) is 193 Å². The van der Waals surface area contributed by atoms with Crippen molar-refractivity contribution in [1.82, 2.24) is 0 Å². The first-order valence-electron chi connectivity index (χ1n) is 26.0. The lowest BCUT2D eigenvalue weighted by Gasteiger charge is -2.28. The molecule has 12 aromatic rings. The van der Waals surface area contributed by atoms with Gasteiger partial charge in [0.2, 0.25) is 0 Å². The number of esters is 2. The Morgan fingerprint density at radius 2 is 0.595 bits per heavy atom. The van der Waals surface area contributed by atoms with Crippen molar-refractivity contribution in [1.29, 1.82) is 0 Å². The van der Waals surface area contributed by atoms with Crippen LogP contribution in [0.4, 0.5) is 0 Å². The van der Waals surface area contributed by atoms with Gasteiger partial charge in [0.25, 0.3) is 0 Å². The minimum Gasteiger partial charge on any atom is -0.469 e. The van der Waals surface area contributed by atoms with Crippen molar-refractivity contribution in [3.8, 4) is 44.5 Å². The minimum absolute atomic E-state index is 0.188. The molecular weight excluding hydrogens is 905 g/mol. The third-order valence-corrected chi connectivity index (χ3v) is 16.2. The first kappa shape index (κ1) is 47.0. The Labute approximate surface area is 433 Å². The number of ether oxygens (including phenoxy) is 2. The van der Waals surface area contributed by atoms with Crippen molar-refractivity contribution < 1.29 is 19.1 Å². The molecule has 0 radical (unpaired) electrons. The van der Waals surface area contributed by atoms with E-state index in [1.165, 1.54) is 101 Å². The highest BCUT2D eigenvalue weighted by Crippen LogP contribution is 2.60. The summed E-state index contributed by atoms with van der Waals surface area (Å²) in [5.74, 6) is -1.05. The van der Waals surface area contributed by atoms with Crippen LogP contribution in [0.2, 0.25) is 0 Å². The lowest BCUT2D eigenvalue weighted by atomic mass is 9.76. The van der Waals surface area contributed by atoms with E-state index in [4.69, 9.17) is 9.47 Å². The highest BCUT2D eigenvalue weighted by Gasteiger charge is 2.36. The van der Waals surface area contributed by atoms with E-state index in [1.54, 1.807) is 0 Å². The van der Waals surface area contributed by atoms with E-state index in [2.05, 4.69) is 224 Å². The van der Waals surface area contributed by atoms with E-state index >= 15 is 0 Å². The number of carbonyl (C=O) groups excluding carboxylic acids is 2. The molecule has 2 unspecified atom stereocenters. The van der Waals surface area contributed by atoms with Crippen LogP contribution < -0.4 is 0 Å². The van der Waals surface area contributed by atoms with Gasteiger partial charge in [0.15, 0.2) is 0 Å². The highest BCUT2D eigenvalue weighted by atomic mass is 16.5. The Hall–Kier alpha value is -8.08. The van der Waals surface area contributed by atoms with Crippen LogP contribution in [-0.4, -0.2) is 26.2 Å². The van der Waals surface area contributed by atoms with Gasteiger partial charge in [-0.3, -0.25) is 9.59 Å². The van der Waals surface area contributed by atoms with E-state index < -0.39 is 0 Å². The van der Waals surface area contributed by atoms with E-state index in [1.807, 2.05) is 0 Å². The molecule has 12 aromatic carbocycles. The molecule has 0 aromatic heterocycles. The van der Waals surface area contributed by atoms with Gasteiger partial charge in [-0.1, -0.05) is 224 Å². The van der Waals surface area contributed by atoms with E-state index in [0.29, 0.717) is 12.8 Å². The molecule has 0 fully saturated rings. The SMILES string of the molecule is COC(=O)C(Cc1ccc2c3c(-c4ccccc4)c4c(-c5ccccc5)c5c6cccc7c(CC(C(=O)OC)C(C)(C)C)ccc(c5c(-c5ccccc5)c4c(-c4ccccc4)c3c3cccc1c32)c76)C(C)(C)C. The summed E-state index contributed by atoms with van der Waals surface area (Å²) in [5, 5.41) is 16.7. The van der Waals surface area contributed by atoms with Gasteiger partial charge in [0, 0.05) is 0 Å². The Morgan fingerprint density at radius 3 is 0.865 bits per heavy atom. The molecular formula is C70H60O4. The molecule has 4 nitrogen and oxygen atoms in total. The number of hydrogen-bond donors (Lipinski definition) is 0. The van der Waals surface area contributed by atoms with Crippen LogP contribution in [0.3, 0.4) is 0 Å². The third-order valence-electron chi connectivity index (χ3n) is 16.2. The van der Waals surface area contributed by atoms with Gasteiger partial charge in [-0.05, 0) is 155 Å². The Bertz CT molecular complexity index is 3700. The molecule has 0 spiro atoms. The topological polar surface area (TPSA) is 52.6 Å². The maximum Gasteiger partial charge on any atom is 0.309 e. The number of methoxy groups -OCH3 is 2. The van der Waals surface area contributed by atoms with E-state index in [9.17, 15) is 9.59 Å². The van der Waals surface area contributed by atoms with Crippen LogP contribution in [0, 0.1) is 22.7 Å². The predicted octanol–water partition coefficient (Wildman–Crippen LogP) is 18.1. The number of fused-ring (bicyclic) bond motifs is 7. The van der Waals surface area contributed by atoms with Crippen molar-refractivity contribution >= 4 is 87.3 Å². The number of hydrogen-bond acceptors (Lipinski definition) is 4. The molecule has 0 heterocycles. The summed E-state index contributed by atoms with van der Waals surface area (Å²) in [6, 6.07) is 66.9. The van der Waals surface area contributed by atoms with Gasteiger partial charge in [0.05, 0.1) is 26.1 Å². The number of benzene rings is 10. The first-order valence-corrected chi connectivity index (χ1v) is 26.0. The summed E-state index contributed by atoms with van der Waals surface area (Å²) in [6.07, 6.45) is 1.11. The highest BCUT2D eigenvalue weighted by molar-refractivity contribution is 6.47. The molecule has 74 heavy (non-hydrogen) atoms. The molecule has 2 atom stereocenters. The molecule has 0 bridgehead atoms. The summed E-state index contributed by atoms with van der Waals surface area (Å²) >= 11 is 0. The fourth-order valence-corrected chi connectivity index (χ4v) is 12.7. The zero-order chi connectivity index (χ0) is 51.2. The fourth-order valence-electron chi connectivity index (χ4n) is 12.7. The van der Waals surface area contributed by atoms with Crippen LogP contribution >= 0.6 is 0 Å².